The summed E-state index contributed by atoms with van der Waals surface area (Å²) in [6, 6.07) is 9.95. The van der Waals surface area contributed by atoms with E-state index in [0.29, 0.717) is 24.1 Å². The van der Waals surface area contributed by atoms with Gasteiger partial charge in [0.25, 0.3) is 0 Å². The first kappa shape index (κ1) is 25.7. The van der Waals surface area contributed by atoms with Gasteiger partial charge in [0.05, 0.1) is 18.2 Å². The van der Waals surface area contributed by atoms with Crippen LogP contribution in [0.15, 0.2) is 53.1 Å². The van der Waals surface area contributed by atoms with E-state index in [0.717, 1.165) is 49.6 Å². The zero-order chi connectivity index (χ0) is 25.3. The maximum atomic E-state index is 13.9. The van der Waals surface area contributed by atoms with Crippen molar-refractivity contribution in [2.45, 2.75) is 32.0 Å². The first-order valence-corrected chi connectivity index (χ1v) is 10.8. The summed E-state index contributed by atoms with van der Waals surface area (Å²) in [6.45, 7) is 0.788. The van der Waals surface area contributed by atoms with Crippen LogP contribution in [-0.4, -0.2) is 29.1 Å². The van der Waals surface area contributed by atoms with Crippen LogP contribution in [0.25, 0.3) is 12.2 Å². The number of hydrogen-bond acceptors (Lipinski definition) is 5. The molecule has 0 radical (unpaired) electrons. The molecule has 0 amide bonds. The van der Waals surface area contributed by atoms with Crippen molar-refractivity contribution in [1.29, 1.82) is 10.8 Å². The number of ether oxygens (including phenoxy) is 1. The van der Waals surface area contributed by atoms with Gasteiger partial charge in [-0.1, -0.05) is 18.2 Å². The molecule has 10 heteroatoms. The van der Waals surface area contributed by atoms with Crippen molar-refractivity contribution in [1.82, 2.24) is 9.88 Å². The third-order valence-electron chi connectivity index (χ3n) is 5.08. The summed E-state index contributed by atoms with van der Waals surface area (Å²) in [4.78, 5) is 5.71. The van der Waals surface area contributed by atoms with Crippen LogP contribution in [0, 0.1) is 16.6 Å². The Morgan fingerprint density at radius 2 is 1.74 bits per heavy atom. The molecule has 0 aliphatic heterocycles. The molecule has 0 aliphatic carbocycles. The molecule has 2 N–H and O–H groups in total. The van der Waals surface area contributed by atoms with Crippen LogP contribution in [0.4, 0.5) is 17.6 Å². The van der Waals surface area contributed by atoms with Gasteiger partial charge in [-0.2, -0.15) is 13.2 Å². The third-order valence-corrected chi connectivity index (χ3v) is 5.08. The average Bonchev–Trinajstić information content (AvgIpc) is 3.30. The molecule has 1 aromatic heterocycles. The molecule has 0 aliphatic rings. The van der Waals surface area contributed by atoms with Gasteiger partial charge in [0.15, 0.2) is 0 Å². The average molecular weight is 488 g/mol. The molecular weight excluding hydrogens is 464 g/mol. The zero-order valence-corrected chi connectivity index (χ0v) is 18.7. The van der Waals surface area contributed by atoms with E-state index in [1.54, 1.807) is 0 Å². The molecule has 2 aromatic carbocycles. The fourth-order valence-electron chi connectivity index (χ4n) is 3.16. The van der Waals surface area contributed by atoms with Gasteiger partial charge in [-0.05, 0) is 55.2 Å². The Morgan fingerprint density at radius 1 is 1.00 bits per heavy atom. The van der Waals surface area contributed by atoms with Crippen molar-refractivity contribution in [2.24, 2.45) is 0 Å². The number of benzene rings is 2. The fourth-order valence-corrected chi connectivity index (χ4v) is 3.16. The minimum absolute atomic E-state index is 0.0177. The van der Waals surface area contributed by atoms with Crippen molar-refractivity contribution in [3.8, 4) is 5.75 Å². The molecular formula is C25H24F4N4O2. The van der Waals surface area contributed by atoms with Gasteiger partial charge in [-0.15, -0.1) is 0 Å². The van der Waals surface area contributed by atoms with Crippen LogP contribution in [0.5, 0.6) is 5.75 Å². The predicted octanol–water partition coefficient (Wildman–Crippen LogP) is 6.42. The maximum Gasteiger partial charge on any atom is 0.416 e. The third kappa shape index (κ3) is 7.80. The molecule has 0 unspecified atom stereocenters. The first-order chi connectivity index (χ1) is 16.8. The van der Waals surface area contributed by atoms with E-state index in [4.69, 9.17) is 20.0 Å². The topological polar surface area (TPSA) is 86.2 Å². The first-order valence-electron chi connectivity index (χ1n) is 10.8. The number of alkyl halides is 3. The minimum atomic E-state index is -4.60. The zero-order valence-electron chi connectivity index (χ0n) is 18.7. The lowest BCUT2D eigenvalue weighted by Gasteiger charge is -2.11. The number of nitrogens with zero attached hydrogens (tertiary/aromatic N) is 2. The minimum Gasteiger partial charge on any atom is -0.487 e. The summed E-state index contributed by atoms with van der Waals surface area (Å²) >= 11 is 0. The van der Waals surface area contributed by atoms with Gasteiger partial charge >= 0.3 is 6.18 Å². The molecule has 6 nitrogen and oxygen atoms in total. The lowest BCUT2D eigenvalue weighted by molar-refractivity contribution is -0.137. The standard InChI is InChI=1S/C25H24F4N4O2/c26-23-13-20(25(27,28)29)8-6-19(23)7-11-24-32-21(15-35-24)14-34-22-9-4-18(5-10-22)3-1-2-12-33(16-30)17-31/h4-11,13,15-17,30-31H,1-3,12,14H2/b11-7+,30-16?,31-17?. The van der Waals surface area contributed by atoms with E-state index in [9.17, 15) is 17.6 Å². The number of oxazole rings is 1. The lowest BCUT2D eigenvalue weighted by Crippen LogP contribution is -2.20. The second-order valence-electron chi connectivity index (χ2n) is 7.63. The van der Waals surface area contributed by atoms with Crippen LogP contribution in [0.1, 0.15) is 41.1 Å². The fraction of sp³-hybridized carbons (Fsp3) is 0.240. The van der Waals surface area contributed by atoms with E-state index in [1.807, 2.05) is 24.3 Å². The summed E-state index contributed by atoms with van der Waals surface area (Å²) in [5, 5.41) is 14.3. The second-order valence-corrected chi connectivity index (χ2v) is 7.63. The number of rotatable bonds is 12. The number of hydrogen-bond donors (Lipinski definition) is 2. The van der Waals surface area contributed by atoms with E-state index in [2.05, 4.69) is 4.98 Å². The molecule has 3 aromatic rings. The van der Waals surface area contributed by atoms with Crippen LogP contribution in [-0.2, 0) is 19.2 Å². The highest BCUT2D eigenvalue weighted by atomic mass is 19.4. The quantitative estimate of drug-likeness (QED) is 0.133. The molecule has 0 fully saturated rings. The Labute approximate surface area is 199 Å². The normalized spacial score (nSPS) is 11.5. The summed E-state index contributed by atoms with van der Waals surface area (Å²) < 4.78 is 62.9. The van der Waals surface area contributed by atoms with Crippen molar-refractivity contribution in [3.63, 3.8) is 0 Å². The highest BCUT2D eigenvalue weighted by Crippen LogP contribution is 2.30. The van der Waals surface area contributed by atoms with Crippen molar-refractivity contribution in [3.05, 3.63) is 82.8 Å². The number of unbranched alkanes of at least 4 members (excludes halogenated alkanes) is 1. The summed E-state index contributed by atoms with van der Waals surface area (Å²) in [5.41, 5.74) is 0.586. The molecule has 184 valence electrons. The van der Waals surface area contributed by atoms with Gasteiger partial charge in [-0.3, -0.25) is 10.8 Å². The van der Waals surface area contributed by atoms with Crippen LogP contribution < -0.4 is 4.74 Å². The van der Waals surface area contributed by atoms with Gasteiger partial charge in [0.2, 0.25) is 5.89 Å². The van der Waals surface area contributed by atoms with E-state index >= 15 is 0 Å². The second kappa shape index (κ2) is 12.0. The molecule has 0 atom stereocenters. The van der Waals surface area contributed by atoms with Crippen LogP contribution in [0.2, 0.25) is 0 Å². The number of nitrogens with one attached hydrogen (secondary N) is 2. The Balaban J connectivity index is 1.47. The molecule has 35 heavy (non-hydrogen) atoms. The molecule has 0 saturated heterocycles. The lowest BCUT2D eigenvalue weighted by atomic mass is 10.1. The Bertz CT molecular complexity index is 1150. The van der Waals surface area contributed by atoms with Crippen molar-refractivity contribution in [2.75, 3.05) is 6.54 Å². The summed E-state index contributed by atoms with van der Waals surface area (Å²) in [6.07, 6.45) is 4.39. The Kier molecular flexibility index (Phi) is 8.77. The Morgan fingerprint density at radius 3 is 2.40 bits per heavy atom. The van der Waals surface area contributed by atoms with E-state index < -0.39 is 17.6 Å². The smallest absolute Gasteiger partial charge is 0.416 e. The molecule has 3 rings (SSSR count). The van der Waals surface area contributed by atoms with E-state index in [1.165, 1.54) is 23.3 Å². The molecule has 0 bridgehead atoms. The SMILES string of the molecule is N=CN(C=N)CCCCc1ccc(OCc2coc(/C=C/c3ccc(C(F)(F)F)cc3F)n2)cc1. The predicted molar refractivity (Wildman–Crippen MR) is 125 cm³/mol. The Hall–Kier alpha value is -3.95. The molecule has 0 spiro atoms. The summed E-state index contributed by atoms with van der Waals surface area (Å²) in [7, 11) is 0. The highest BCUT2D eigenvalue weighted by molar-refractivity contribution is 5.71. The highest BCUT2D eigenvalue weighted by Gasteiger charge is 2.30. The number of halogens is 4. The van der Waals surface area contributed by atoms with Gasteiger partial charge in [0.1, 0.15) is 30.1 Å². The van der Waals surface area contributed by atoms with Gasteiger partial charge in [0, 0.05) is 18.2 Å². The molecule has 1 heterocycles. The molecule has 0 saturated carbocycles. The van der Waals surface area contributed by atoms with E-state index in [-0.39, 0.29) is 18.1 Å². The number of aromatic nitrogens is 1. The van der Waals surface area contributed by atoms with Crippen LogP contribution in [0.3, 0.4) is 0 Å². The maximum absolute atomic E-state index is 13.9. The van der Waals surface area contributed by atoms with Crippen molar-refractivity contribution >= 4 is 24.8 Å². The van der Waals surface area contributed by atoms with Gasteiger partial charge in [-0.25, -0.2) is 9.37 Å². The largest absolute Gasteiger partial charge is 0.487 e. The van der Waals surface area contributed by atoms with Gasteiger partial charge < -0.3 is 14.1 Å². The monoisotopic (exact) mass is 488 g/mol. The summed E-state index contributed by atoms with van der Waals surface area (Å²) in [5.74, 6) is -0.170. The number of aryl methyl sites for hydroxylation is 1. The van der Waals surface area contributed by atoms with Crippen LogP contribution >= 0.6 is 0 Å². The van der Waals surface area contributed by atoms with Crippen molar-refractivity contribution < 1.29 is 26.7 Å².